The average Bonchev–Trinajstić information content (AvgIpc) is 3.01. The SMILES string of the molecule is COCCNc1nccn1CC(C)(C)c1cccs1. The van der Waals surface area contributed by atoms with Crippen molar-refractivity contribution in [2.24, 2.45) is 0 Å². The van der Waals surface area contributed by atoms with Gasteiger partial charge in [0.1, 0.15) is 0 Å². The minimum absolute atomic E-state index is 0.104. The number of nitrogens with one attached hydrogen (secondary N) is 1. The molecule has 0 aliphatic rings. The van der Waals surface area contributed by atoms with E-state index in [0.29, 0.717) is 6.61 Å². The Morgan fingerprint density at radius 1 is 1.47 bits per heavy atom. The van der Waals surface area contributed by atoms with Crippen LogP contribution in [0.4, 0.5) is 5.95 Å². The Hall–Kier alpha value is -1.33. The Kier molecular flexibility index (Phi) is 4.61. The highest BCUT2D eigenvalue weighted by molar-refractivity contribution is 7.10. The van der Waals surface area contributed by atoms with E-state index < -0.39 is 0 Å². The highest BCUT2D eigenvalue weighted by Crippen LogP contribution is 2.29. The van der Waals surface area contributed by atoms with Gasteiger partial charge in [0.25, 0.3) is 0 Å². The molecule has 0 aromatic carbocycles. The normalized spacial score (nSPS) is 11.7. The molecular formula is C14H21N3OS. The first-order valence-corrected chi connectivity index (χ1v) is 7.29. The first-order valence-electron chi connectivity index (χ1n) is 6.41. The van der Waals surface area contributed by atoms with Crippen molar-refractivity contribution in [2.45, 2.75) is 25.8 Å². The fourth-order valence-electron chi connectivity index (χ4n) is 2.04. The summed E-state index contributed by atoms with van der Waals surface area (Å²) in [5.74, 6) is 0.904. The number of nitrogens with zero attached hydrogens (tertiary/aromatic N) is 2. The van der Waals surface area contributed by atoms with Gasteiger partial charge in [-0.1, -0.05) is 19.9 Å². The monoisotopic (exact) mass is 279 g/mol. The molecule has 2 rings (SSSR count). The number of aromatic nitrogens is 2. The van der Waals surface area contributed by atoms with E-state index in [4.69, 9.17) is 4.74 Å². The molecule has 0 radical (unpaired) electrons. The van der Waals surface area contributed by atoms with Gasteiger partial charge in [0, 0.05) is 42.9 Å². The molecular weight excluding hydrogens is 258 g/mol. The standard InChI is InChI=1S/C14H21N3OS/c1-14(2,12-5-4-10-19-12)11-17-8-6-15-13(17)16-7-9-18-3/h4-6,8,10H,7,9,11H2,1-3H3,(H,15,16). The molecule has 0 amide bonds. The van der Waals surface area contributed by atoms with Crippen molar-refractivity contribution in [3.63, 3.8) is 0 Å². The van der Waals surface area contributed by atoms with Gasteiger partial charge in [0.05, 0.1) is 6.61 Å². The molecule has 0 spiro atoms. The van der Waals surface area contributed by atoms with Crippen molar-refractivity contribution in [1.82, 2.24) is 9.55 Å². The fraction of sp³-hybridized carbons (Fsp3) is 0.500. The quantitative estimate of drug-likeness (QED) is 0.792. The Morgan fingerprint density at radius 3 is 3.00 bits per heavy atom. The second-order valence-corrected chi connectivity index (χ2v) is 6.11. The predicted molar refractivity (Wildman–Crippen MR) is 79.9 cm³/mol. The number of imidazole rings is 1. The van der Waals surface area contributed by atoms with E-state index in [1.165, 1.54) is 4.88 Å². The van der Waals surface area contributed by atoms with Crippen LogP contribution in [0.25, 0.3) is 0 Å². The van der Waals surface area contributed by atoms with Gasteiger partial charge in [0.15, 0.2) is 0 Å². The smallest absolute Gasteiger partial charge is 0.202 e. The van der Waals surface area contributed by atoms with E-state index in [9.17, 15) is 0 Å². The first-order chi connectivity index (χ1) is 9.13. The lowest BCUT2D eigenvalue weighted by atomic mass is 9.91. The zero-order valence-corrected chi connectivity index (χ0v) is 12.5. The number of anilines is 1. The molecule has 0 aliphatic carbocycles. The van der Waals surface area contributed by atoms with Gasteiger partial charge in [0.2, 0.25) is 5.95 Å². The number of methoxy groups -OCH3 is 1. The molecule has 2 heterocycles. The summed E-state index contributed by atoms with van der Waals surface area (Å²) in [7, 11) is 1.70. The van der Waals surface area contributed by atoms with E-state index in [2.05, 4.69) is 46.2 Å². The summed E-state index contributed by atoms with van der Waals surface area (Å²) in [6.45, 7) is 6.88. The topological polar surface area (TPSA) is 39.1 Å². The third kappa shape index (κ3) is 3.58. The lowest BCUT2D eigenvalue weighted by Crippen LogP contribution is -2.24. The number of rotatable bonds is 7. The summed E-state index contributed by atoms with van der Waals surface area (Å²) in [5, 5.41) is 5.42. The minimum Gasteiger partial charge on any atom is -0.383 e. The second-order valence-electron chi connectivity index (χ2n) is 5.16. The largest absolute Gasteiger partial charge is 0.383 e. The molecule has 0 aliphatic heterocycles. The van der Waals surface area contributed by atoms with Crippen molar-refractivity contribution in [3.05, 3.63) is 34.8 Å². The van der Waals surface area contributed by atoms with Gasteiger partial charge >= 0.3 is 0 Å². The van der Waals surface area contributed by atoms with E-state index in [1.54, 1.807) is 18.4 Å². The zero-order chi connectivity index (χ0) is 13.7. The van der Waals surface area contributed by atoms with Crippen molar-refractivity contribution in [3.8, 4) is 0 Å². The maximum absolute atomic E-state index is 5.04. The molecule has 0 atom stereocenters. The van der Waals surface area contributed by atoms with Gasteiger partial charge in [-0.2, -0.15) is 0 Å². The number of thiophene rings is 1. The maximum atomic E-state index is 5.04. The average molecular weight is 279 g/mol. The molecule has 0 fully saturated rings. The van der Waals surface area contributed by atoms with Gasteiger partial charge in [-0.25, -0.2) is 4.98 Å². The summed E-state index contributed by atoms with van der Waals surface area (Å²) >= 11 is 1.80. The van der Waals surface area contributed by atoms with Crippen LogP contribution in [0.2, 0.25) is 0 Å². The molecule has 19 heavy (non-hydrogen) atoms. The van der Waals surface area contributed by atoms with Crippen LogP contribution in [0.1, 0.15) is 18.7 Å². The second kappa shape index (κ2) is 6.21. The van der Waals surface area contributed by atoms with Crippen LogP contribution in [0.15, 0.2) is 29.9 Å². The van der Waals surface area contributed by atoms with Crippen molar-refractivity contribution >= 4 is 17.3 Å². The molecule has 0 bridgehead atoms. The van der Waals surface area contributed by atoms with Crippen molar-refractivity contribution in [2.75, 3.05) is 25.6 Å². The Labute approximate surface area is 118 Å². The van der Waals surface area contributed by atoms with E-state index in [0.717, 1.165) is 19.0 Å². The molecule has 0 unspecified atom stereocenters. The highest BCUT2D eigenvalue weighted by atomic mass is 32.1. The van der Waals surface area contributed by atoms with Crippen molar-refractivity contribution < 1.29 is 4.74 Å². The summed E-state index contributed by atoms with van der Waals surface area (Å²) in [4.78, 5) is 5.75. The predicted octanol–water partition coefficient (Wildman–Crippen LogP) is 2.98. The molecule has 0 saturated heterocycles. The molecule has 0 saturated carbocycles. The number of hydrogen-bond acceptors (Lipinski definition) is 4. The fourth-order valence-corrected chi connectivity index (χ4v) is 2.88. The first kappa shape index (κ1) is 14.1. The lowest BCUT2D eigenvalue weighted by molar-refractivity contribution is 0.210. The third-order valence-electron chi connectivity index (χ3n) is 3.06. The van der Waals surface area contributed by atoms with Crippen LogP contribution in [-0.4, -0.2) is 29.8 Å². The van der Waals surface area contributed by atoms with Gasteiger partial charge < -0.3 is 14.6 Å². The summed E-state index contributed by atoms with van der Waals surface area (Å²) in [6.07, 6.45) is 3.85. The van der Waals surface area contributed by atoms with Gasteiger partial charge in [-0.15, -0.1) is 11.3 Å². The van der Waals surface area contributed by atoms with Crippen LogP contribution in [-0.2, 0) is 16.7 Å². The van der Waals surface area contributed by atoms with Crippen molar-refractivity contribution in [1.29, 1.82) is 0 Å². The molecule has 2 aromatic heterocycles. The molecule has 4 nitrogen and oxygen atoms in total. The van der Waals surface area contributed by atoms with E-state index in [-0.39, 0.29) is 5.41 Å². The van der Waals surface area contributed by atoms with E-state index >= 15 is 0 Å². The highest BCUT2D eigenvalue weighted by Gasteiger charge is 2.23. The number of ether oxygens (including phenoxy) is 1. The number of hydrogen-bond donors (Lipinski definition) is 1. The van der Waals surface area contributed by atoms with Gasteiger partial charge in [-0.05, 0) is 11.4 Å². The molecule has 5 heteroatoms. The third-order valence-corrected chi connectivity index (χ3v) is 4.29. The molecule has 2 aromatic rings. The zero-order valence-electron chi connectivity index (χ0n) is 11.7. The Morgan fingerprint density at radius 2 is 2.32 bits per heavy atom. The van der Waals surface area contributed by atoms with Crippen LogP contribution in [0.5, 0.6) is 0 Å². The molecule has 104 valence electrons. The minimum atomic E-state index is 0.104. The lowest BCUT2D eigenvalue weighted by Gasteiger charge is -2.25. The van der Waals surface area contributed by atoms with Crippen LogP contribution < -0.4 is 5.32 Å². The summed E-state index contributed by atoms with van der Waals surface area (Å²) < 4.78 is 7.20. The van der Waals surface area contributed by atoms with Crippen LogP contribution in [0.3, 0.4) is 0 Å². The summed E-state index contributed by atoms with van der Waals surface area (Å²) in [6, 6.07) is 4.30. The Balaban J connectivity index is 2.05. The van der Waals surface area contributed by atoms with Gasteiger partial charge in [-0.3, -0.25) is 0 Å². The maximum Gasteiger partial charge on any atom is 0.202 e. The molecule has 1 N–H and O–H groups in total. The van der Waals surface area contributed by atoms with E-state index in [1.807, 2.05) is 12.4 Å². The van der Waals surface area contributed by atoms with Crippen LogP contribution in [0, 0.1) is 0 Å². The Bertz CT molecular complexity index is 491. The summed E-state index contributed by atoms with van der Waals surface area (Å²) in [5.41, 5.74) is 0.104. The van der Waals surface area contributed by atoms with Crippen LogP contribution >= 0.6 is 11.3 Å².